The van der Waals surface area contributed by atoms with Crippen molar-refractivity contribution in [2.75, 3.05) is 24.6 Å². The van der Waals surface area contributed by atoms with E-state index in [1.807, 2.05) is 11.8 Å². The van der Waals surface area contributed by atoms with Crippen LogP contribution in [-0.4, -0.2) is 52.4 Å². The number of carbonyl (C=O) groups is 3. The maximum absolute atomic E-state index is 11.9. The zero-order chi connectivity index (χ0) is 13.5. The lowest BCUT2D eigenvalue weighted by Gasteiger charge is -2.24. The molecule has 102 valence electrons. The molecule has 0 spiro atoms. The molecule has 18 heavy (non-hydrogen) atoms. The van der Waals surface area contributed by atoms with E-state index in [-0.39, 0.29) is 12.5 Å². The number of hydrogen-bond acceptors (Lipinski definition) is 4. The monoisotopic (exact) mass is 274 g/mol. The molecule has 7 heteroatoms. The minimum absolute atomic E-state index is 0.294. The number of aliphatic carboxylic acids is 1. The molecule has 0 aliphatic carbocycles. The Morgan fingerprint density at radius 2 is 1.83 bits per heavy atom. The topological polar surface area (TPSA) is 101 Å². The Balaban J connectivity index is 2.51. The molecule has 3 N–H and O–H groups in total. The standard InChI is InChI=1S/C11H18N2O4S/c12-9(14)6-13(7-11(16)17)10(15)5-8-1-3-18-4-2-8/h8H,1-7H2,(H2,12,14)(H,16,17). The molecular formula is C11H18N2O4S. The summed E-state index contributed by atoms with van der Waals surface area (Å²) < 4.78 is 0. The molecule has 0 unspecified atom stereocenters. The lowest BCUT2D eigenvalue weighted by molar-refractivity contribution is -0.146. The van der Waals surface area contributed by atoms with Gasteiger partial charge in [-0.15, -0.1) is 0 Å². The Morgan fingerprint density at radius 1 is 1.22 bits per heavy atom. The van der Waals surface area contributed by atoms with E-state index in [4.69, 9.17) is 10.8 Å². The van der Waals surface area contributed by atoms with Gasteiger partial charge in [-0.1, -0.05) is 0 Å². The first-order valence-electron chi connectivity index (χ1n) is 5.84. The second kappa shape index (κ2) is 7.25. The molecule has 0 saturated carbocycles. The zero-order valence-electron chi connectivity index (χ0n) is 10.1. The lowest BCUT2D eigenvalue weighted by Crippen LogP contribution is -2.42. The van der Waals surface area contributed by atoms with Gasteiger partial charge >= 0.3 is 5.97 Å². The van der Waals surface area contributed by atoms with Crippen LogP contribution in [0.3, 0.4) is 0 Å². The lowest BCUT2D eigenvalue weighted by atomic mass is 9.98. The maximum atomic E-state index is 11.9. The molecule has 1 heterocycles. The normalized spacial score (nSPS) is 16.2. The van der Waals surface area contributed by atoms with Gasteiger partial charge < -0.3 is 15.7 Å². The SMILES string of the molecule is NC(=O)CN(CC(=O)O)C(=O)CC1CCSCC1. The first-order valence-corrected chi connectivity index (χ1v) is 7.00. The number of nitrogens with zero attached hydrogens (tertiary/aromatic N) is 1. The van der Waals surface area contributed by atoms with Crippen LogP contribution in [0.15, 0.2) is 0 Å². The van der Waals surface area contributed by atoms with Gasteiger partial charge in [0.2, 0.25) is 11.8 Å². The number of carboxylic acid groups (broad SMARTS) is 1. The number of hydrogen-bond donors (Lipinski definition) is 2. The van der Waals surface area contributed by atoms with Crippen LogP contribution in [0.25, 0.3) is 0 Å². The second-order valence-corrected chi connectivity index (χ2v) is 5.59. The fraction of sp³-hybridized carbons (Fsp3) is 0.727. The second-order valence-electron chi connectivity index (χ2n) is 4.37. The van der Waals surface area contributed by atoms with Crippen molar-refractivity contribution in [1.82, 2.24) is 4.90 Å². The highest BCUT2D eigenvalue weighted by Gasteiger charge is 2.23. The smallest absolute Gasteiger partial charge is 0.323 e. The van der Waals surface area contributed by atoms with Crippen molar-refractivity contribution in [3.05, 3.63) is 0 Å². The summed E-state index contributed by atoms with van der Waals surface area (Å²) in [4.78, 5) is 34.4. The predicted octanol–water partition coefficient (Wildman–Crippen LogP) is -0.0818. The number of carboxylic acids is 1. The van der Waals surface area contributed by atoms with Crippen molar-refractivity contribution >= 4 is 29.5 Å². The maximum Gasteiger partial charge on any atom is 0.323 e. The third-order valence-corrected chi connectivity index (χ3v) is 3.88. The molecule has 0 aromatic carbocycles. The largest absolute Gasteiger partial charge is 0.480 e. The third-order valence-electron chi connectivity index (χ3n) is 2.83. The van der Waals surface area contributed by atoms with Gasteiger partial charge in [0, 0.05) is 6.42 Å². The van der Waals surface area contributed by atoms with E-state index >= 15 is 0 Å². The van der Waals surface area contributed by atoms with Crippen molar-refractivity contribution < 1.29 is 19.5 Å². The van der Waals surface area contributed by atoms with Crippen LogP contribution < -0.4 is 5.73 Å². The van der Waals surface area contributed by atoms with E-state index in [0.29, 0.717) is 12.3 Å². The van der Waals surface area contributed by atoms with Crippen LogP contribution in [0.4, 0.5) is 0 Å². The van der Waals surface area contributed by atoms with E-state index < -0.39 is 18.4 Å². The molecule has 6 nitrogen and oxygen atoms in total. The Bertz CT molecular complexity index is 313. The van der Waals surface area contributed by atoms with Crippen molar-refractivity contribution in [3.63, 3.8) is 0 Å². The van der Waals surface area contributed by atoms with Gasteiger partial charge in [-0.25, -0.2) is 0 Å². The summed E-state index contributed by atoms with van der Waals surface area (Å²) in [5.74, 6) is 0.239. The van der Waals surface area contributed by atoms with Gasteiger partial charge in [0.05, 0.1) is 6.54 Å². The molecule has 0 aromatic heterocycles. The van der Waals surface area contributed by atoms with Crippen molar-refractivity contribution in [1.29, 1.82) is 0 Å². The minimum atomic E-state index is -1.14. The average Bonchev–Trinajstić information content (AvgIpc) is 2.28. The van der Waals surface area contributed by atoms with Crippen LogP contribution in [0.1, 0.15) is 19.3 Å². The van der Waals surface area contributed by atoms with E-state index in [1.54, 1.807) is 0 Å². The summed E-state index contributed by atoms with van der Waals surface area (Å²) in [5, 5.41) is 8.70. The number of carbonyl (C=O) groups excluding carboxylic acids is 2. The summed E-state index contributed by atoms with van der Waals surface area (Å²) in [6.45, 7) is -0.796. The number of thioether (sulfide) groups is 1. The van der Waals surface area contributed by atoms with Gasteiger partial charge in [0.1, 0.15) is 6.54 Å². The number of primary amides is 1. The fourth-order valence-corrected chi connectivity index (χ4v) is 3.11. The highest BCUT2D eigenvalue weighted by Crippen LogP contribution is 2.25. The first-order chi connectivity index (χ1) is 8.49. The van der Waals surface area contributed by atoms with Crippen LogP contribution >= 0.6 is 11.8 Å². The highest BCUT2D eigenvalue weighted by atomic mass is 32.2. The Hall–Kier alpha value is -1.24. The van der Waals surface area contributed by atoms with E-state index in [0.717, 1.165) is 29.2 Å². The summed E-state index contributed by atoms with van der Waals surface area (Å²) in [5.41, 5.74) is 5.01. The summed E-state index contributed by atoms with van der Waals surface area (Å²) in [6.07, 6.45) is 2.24. The summed E-state index contributed by atoms with van der Waals surface area (Å²) >= 11 is 1.86. The molecule has 1 saturated heterocycles. The van der Waals surface area contributed by atoms with Crippen molar-refractivity contribution in [2.45, 2.75) is 19.3 Å². The Morgan fingerprint density at radius 3 is 2.33 bits per heavy atom. The number of rotatable bonds is 6. The number of nitrogens with two attached hydrogens (primary N) is 1. The first kappa shape index (κ1) is 14.8. The predicted molar refractivity (Wildman–Crippen MR) is 68.1 cm³/mol. The van der Waals surface area contributed by atoms with Crippen molar-refractivity contribution in [2.24, 2.45) is 11.7 Å². The van der Waals surface area contributed by atoms with Gasteiger partial charge in [-0.2, -0.15) is 11.8 Å². The fourth-order valence-electron chi connectivity index (χ4n) is 1.91. The third kappa shape index (κ3) is 5.39. The molecule has 0 aromatic rings. The van der Waals surface area contributed by atoms with Crippen LogP contribution in [0.2, 0.25) is 0 Å². The molecule has 1 fully saturated rings. The van der Waals surface area contributed by atoms with Gasteiger partial charge in [-0.05, 0) is 30.3 Å². The Kier molecular flexibility index (Phi) is 5.97. The van der Waals surface area contributed by atoms with E-state index in [2.05, 4.69) is 0 Å². The van der Waals surface area contributed by atoms with Gasteiger partial charge in [0.15, 0.2) is 0 Å². The number of amides is 2. The van der Waals surface area contributed by atoms with Crippen molar-refractivity contribution in [3.8, 4) is 0 Å². The highest BCUT2D eigenvalue weighted by molar-refractivity contribution is 7.99. The van der Waals surface area contributed by atoms with E-state index in [9.17, 15) is 14.4 Å². The molecule has 0 radical (unpaired) electrons. The van der Waals surface area contributed by atoms with Gasteiger partial charge in [0.25, 0.3) is 0 Å². The quantitative estimate of drug-likeness (QED) is 0.705. The molecule has 0 bridgehead atoms. The molecule has 1 aliphatic heterocycles. The summed E-state index contributed by atoms with van der Waals surface area (Å²) in [7, 11) is 0. The van der Waals surface area contributed by atoms with Crippen LogP contribution in [0.5, 0.6) is 0 Å². The zero-order valence-corrected chi connectivity index (χ0v) is 10.9. The Labute approximate surface area is 110 Å². The van der Waals surface area contributed by atoms with Crippen LogP contribution in [-0.2, 0) is 14.4 Å². The average molecular weight is 274 g/mol. The summed E-state index contributed by atoms with van der Waals surface area (Å²) in [6, 6.07) is 0. The molecular weight excluding hydrogens is 256 g/mol. The molecule has 0 atom stereocenters. The van der Waals surface area contributed by atoms with Crippen LogP contribution in [0, 0.1) is 5.92 Å². The molecule has 1 rings (SSSR count). The molecule has 1 aliphatic rings. The minimum Gasteiger partial charge on any atom is -0.480 e. The molecule has 2 amide bonds. The van der Waals surface area contributed by atoms with E-state index in [1.165, 1.54) is 0 Å². The van der Waals surface area contributed by atoms with Gasteiger partial charge in [-0.3, -0.25) is 14.4 Å².